The number of benzene rings is 3. The number of rotatable bonds is 8. The molecule has 2 amide bonds. The summed E-state index contributed by atoms with van der Waals surface area (Å²) in [6, 6.07) is 23.0. The zero-order valence-corrected chi connectivity index (χ0v) is 20.3. The van der Waals surface area contributed by atoms with Crippen molar-refractivity contribution in [1.82, 2.24) is 5.32 Å². The number of amides is 2. The molecule has 0 saturated heterocycles. The smallest absolute Gasteiger partial charge is 0.251 e. The molecule has 172 valence electrons. The molecule has 0 aliphatic rings. The molecule has 0 radical (unpaired) electrons. The monoisotopic (exact) mass is 462 g/mol. The van der Waals surface area contributed by atoms with Gasteiger partial charge in [-0.15, -0.1) is 11.8 Å². The Kier molecular flexibility index (Phi) is 8.17. The van der Waals surface area contributed by atoms with Crippen molar-refractivity contribution >= 4 is 29.3 Å². The van der Waals surface area contributed by atoms with E-state index in [0.29, 0.717) is 17.9 Å². The van der Waals surface area contributed by atoms with Gasteiger partial charge in [0, 0.05) is 28.2 Å². The summed E-state index contributed by atoms with van der Waals surface area (Å²) in [7, 11) is 1.63. The van der Waals surface area contributed by atoms with Crippen molar-refractivity contribution in [2.45, 2.75) is 38.0 Å². The first kappa shape index (κ1) is 24.4. The van der Waals surface area contributed by atoms with E-state index in [1.807, 2.05) is 93.6 Å². The van der Waals surface area contributed by atoms with Gasteiger partial charge in [0.1, 0.15) is 5.75 Å². The highest BCUT2D eigenvalue weighted by Gasteiger charge is 2.22. The van der Waals surface area contributed by atoms with E-state index < -0.39 is 5.41 Å². The molecule has 0 aliphatic carbocycles. The van der Waals surface area contributed by atoms with E-state index in [9.17, 15) is 9.59 Å². The SMILES string of the molecule is COc1ccc(CNC(=O)c2cccc(CSc3ccccc3NC(=O)C(C)(C)C)c2)cc1. The first-order chi connectivity index (χ1) is 15.8. The standard InChI is InChI=1S/C27H30N2O3S/c1-27(2,3)26(31)29-23-10-5-6-11-24(23)33-18-20-8-7-9-21(16-20)25(30)28-17-19-12-14-22(32-4)15-13-19/h5-16H,17-18H2,1-4H3,(H,28,30)(H,29,31). The number of para-hydroxylation sites is 1. The van der Waals surface area contributed by atoms with Crippen LogP contribution in [-0.4, -0.2) is 18.9 Å². The molecule has 3 rings (SSSR count). The van der Waals surface area contributed by atoms with Gasteiger partial charge in [-0.3, -0.25) is 9.59 Å². The van der Waals surface area contributed by atoms with Gasteiger partial charge in [-0.05, 0) is 47.5 Å². The average molecular weight is 463 g/mol. The fourth-order valence-electron chi connectivity index (χ4n) is 3.00. The van der Waals surface area contributed by atoms with Crippen LogP contribution in [-0.2, 0) is 17.1 Å². The zero-order valence-electron chi connectivity index (χ0n) is 19.5. The lowest BCUT2D eigenvalue weighted by Crippen LogP contribution is -2.27. The molecule has 0 saturated carbocycles. The average Bonchev–Trinajstić information content (AvgIpc) is 2.82. The normalized spacial score (nSPS) is 11.0. The Morgan fingerprint density at radius 2 is 1.64 bits per heavy atom. The van der Waals surface area contributed by atoms with E-state index in [-0.39, 0.29) is 11.8 Å². The van der Waals surface area contributed by atoms with Crippen LogP contribution in [0.4, 0.5) is 5.69 Å². The first-order valence-electron chi connectivity index (χ1n) is 10.8. The van der Waals surface area contributed by atoms with E-state index in [4.69, 9.17) is 4.74 Å². The number of hydrogen-bond donors (Lipinski definition) is 2. The van der Waals surface area contributed by atoms with Gasteiger partial charge in [0.15, 0.2) is 0 Å². The molecule has 0 heterocycles. The quantitative estimate of drug-likeness (QED) is 0.409. The van der Waals surface area contributed by atoms with Crippen molar-refractivity contribution in [2.24, 2.45) is 5.41 Å². The molecule has 2 N–H and O–H groups in total. The van der Waals surface area contributed by atoms with Crippen LogP contribution in [0.15, 0.2) is 77.7 Å². The van der Waals surface area contributed by atoms with Crippen molar-refractivity contribution in [1.29, 1.82) is 0 Å². The summed E-state index contributed by atoms with van der Waals surface area (Å²) in [5, 5.41) is 5.99. The Balaban J connectivity index is 1.61. The van der Waals surface area contributed by atoms with Gasteiger partial charge in [0.25, 0.3) is 5.91 Å². The fraction of sp³-hybridized carbons (Fsp3) is 0.259. The van der Waals surface area contributed by atoms with E-state index in [2.05, 4.69) is 10.6 Å². The number of methoxy groups -OCH3 is 1. The second-order valence-corrected chi connectivity index (χ2v) is 9.74. The minimum Gasteiger partial charge on any atom is -0.497 e. The van der Waals surface area contributed by atoms with Crippen LogP contribution in [0.3, 0.4) is 0 Å². The number of ether oxygens (including phenoxy) is 1. The molecule has 0 aromatic heterocycles. The molecule has 3 aromatic rings. The third-order valence-corrected chi connectivity index (χ3v) is 6.16. The Morgan fingerprint density at radius 3 is 2.33 bits per heavy atom. The summed E-state index contributed by atoms with van der Waals surface area (Å²) in [5.74, 6) is 1.33. The third-order valence-electron chi connectivity index (χ3n) is 5.01. The Hall–Kier alpha value is -3.25. The fourth-order valence-corrected chi connectivity index (χ4v) is 3.95. The first-order valence-corrected chi connectivity index (χ1v) is 11.8. The van der Waals surface area contributed by atoms with Gasteiger partial charge in [0.2, 0.25) is 5.91 Å². The summed E-state index contributed by atoms with van der Waals surface area (Å²) in [6.45, 7) is 6.12. The molecule has 5 nitrogen and oxygen atoms in total. The summed E-state index contributed by atoms with van der Waals surface area (Å²) in [6.07, 6.45) is 0. The van der Waals surface area contributed by atoms with Gasteiger partial charge in [0.05, 0.1) is 12.8 Å². The highest BCUT2D eigenvalue weighted by molar-refractivity contribution is 7.98. The van der Waals surface area contributed by atoms with Gasteiger partial charge < -0.3 is 15.4 Å². The predicted molar refractivity (Wildman–Crippen MR) is 135 cm³/mol. The van der Waals surface area contributed by atoms with E-state index in [1.54, 1.807) is 18.9 Å². The lowest BCUT2D eigenvalue weighted by molar-refractivity contribution is -0.123. The summed E-state index contributed by atoms with van der Waals surface area (Å²) in [5.41, 5.74) is 3.00. The summed E-state index contributed by atoms with van der Waals surface area (Å²) < 4.78 is 5.16. The molecule has 3 aromatic carbocycles. The van der Waals surface area contributed by atoms with Gasteiger partial charge >= 0.3 is 0 Å². The van der Waals surface area contributed by atoms with Crippen molar-refractivity contribution < 1.29 is 14.3 Å². The summed E-state index contributed by atoms with van der Waals surface area (Å²) >= 11 is 1.63. The van der Waals surface area contributed by atoms with Crippen LogP contribution < -0.4 is 15.4 Å². The largest absolute Gasteiger partial charge is 0.497 e. The minimum atomic E-state index is -0.467. The van der Waals surface area contributed by atoms with E-state index >= 15 is 0 Å². The lowest BCUT2D eigenvalue weighted by atomic mass is 9.95. The van der Waals surface area contributed by atoms with Gasteiger partial charge in [-0.2, -0.15) is 0 Å². The molecular weight excluding hydrogens is 432 g/mol. The molecular formula is C27H30N2O3S. The van der Waals surface area contributed by atoms with Crippen LogP contribution >= 0.6 is 11.8 Å². The van der Waals surface area contributed by atoms with Crippen molar-refractivity contribution in [3.05, 3.63) is 89.5 Å². The predicted octanol–water partition coefficient (Wildman–Crippen LogP) is 5.90. The number of carbonyl (C=O) groups is 2. The van der Waals surface area contributed by atoms with Crippen molar-refractivity contribution in [2.75, 3.05) is 12.4 Å². The number of anilines is 1. The highest BCUT2D eigenvalue weighted by atomic mass is 32.2. The number of carbonyl (C=O) groups excluding carboxylic acids is 2. The topological polar surface area (TPSA) is 67.4 Å². The lowest BCUT2D eigenvalue weighted by Gasteiger charge is -2.19. The Morgan fingerprint density at radius 1 is 0.909 bits per heavy atom. The molecule has 6 heteroatoms. The van der Waals surface area contributed by atoms with Crippen LogP contribution in [0.25, 0.3) is 0 Å². The number of thioether (sulfide) groups is 1. The number of nitrogens with one attached hydrogen (secondary N) is 2. The van der Waals surface area contributed by atoms with Gasteiger partial charge in [-0.1, -0.05) is 57.2 Å². The zero-order chi connectivity index (χ0) is 23.8. The van der Waals surface area contributed by atoms with E-state index in [0.717, 1.165) is 27.5 Å². The maximum absolute atomic E-state index is 12.6. The highest BCUT2D eigenvalue weighted by Crippen LogP contribution is 2.31. The maximum Gasteiger partial charge on any atom is 0.251 e. The second kappa shape index (κ2) is 11.1. The van der Waals surface area contributed by atoms with Crippen LogP contribution in [0.2, 0.25) is 0 Å². The summed E-state index contributed by atoms with van der Waals surface area (Å²) in [4.78, 5) is 26.0. The third kappa shape index (κ3) is 7.12. The maximum atomic E-state index is 12.6. The molecule has 0 bridgehead atoms. The molecule has 0 unspecified atom stereocenters. The minimum absolute atomic E-state index is 0.0221. The molecule has 0 atom stereocenters. The van der Waals surface area contributed by atoms with E-state index in [1.165, 1.54) is 0 Å². The Bertz CT molecular complexity index is 1100. The van der Waals surface area contributed by atoms with Crippen molar-refractivity contribution in [3.63, 3.8) is 0 Å². The molecule has 0 fully saturated rings. The second-order valence-electron chi connectivity index (χ2n) is 8.72. The van der Waals surface area contributed by atoms with Gasteiger partial charge in [-0.25, -0.2) is 0 Å². The number of hydrogen-bond acceptors (Lipinski definition) is 4. The van der Waals surface area contributed by atoms with Crippen LogP contribution in [0.5, 0.6) is 5.75 Å². The molecule has 0 spiro atoms. The molecule has 0 aliphatic heterocycles. The van der Waals surface area contributed by atoms with Crippen LogP contribution in [0.1, 0.15) is 42.3 Å². The van der Waals surface area contributed by atoms with Crippen molar-refractivity contribution in [3.8, 4) is 5.75 Å². The molecule has 33 heavy (non-hydrogen) atoms. The Labute approximate surface area is 199 Å². The van der Waals surface area contributed by atoms with Crippen LogP contribution in [0, 0.1) is 5.41 Å².